The molecule has 0 bridgehead atoms. The maximum absolute atomic E-state index is 12.8. The molecule has 0 radical (unpaired) electrons. The van der Waals surface area contributed by atoms with Gasteiger partial charge in [0.15, 0.2) is 11.9 Å². The van der Waals surface area contributed by atoms with Crippen molar-refractivity contribution in [2.45, 2.75) is 44.6 Å². The molecule has 2 aliphatic heterocycles. The van der Waals surface area contributed by atoms with Crippen LogP contribution in [0, 0.1) is 19.8 Å². The number of nitrogens with zero attached hydrogens (tertiary/aromatic N) is 2. The molecule has 8 heteroatoms. The molecular formula is C24H26N2O5S. The first kappa shape index (κ1) is 22.2. The summed E-state index contributed by atoms with van der Waals surface area (Å²) in [5.41, 5.74) is 3.16. The van der Waals surface area contributed by atoms with E-state index in [0.29, 0.717) is 42.9 Å². The number of sulfonamides is 1. The first-order valence-electron chi connectivity index (χ1n) is 10.7. The van der Waals surface area contributed by atoms with Gasteiger partial charge in [0.2, 0.25) is 5.78 Å². The van der Waals surface area contributed by atoms with Crippen LogP contribution in [-0.2, 0) is 19.6 Å². The summed E-state index contributed by atoms with van der Waals surface area (Å²) in [6.07, 6.45) is 0.409. The average molecular weight is 455 g/mol. The molecule has 0 aromatic heterocycles. The van der Waals surface area contributed by atoms with Gasteiger partial charge >= 0.3 is 5.97 Å². The molecule has 0 amide bonds. The number of ketones is 1. The number of likely N-dealkylation sites (tertiary alicyclic amines) is 1. The van der Waals surface area contributed by atoms with E-state index < -0.39 is 28.0 Å². The first-order chi connectivity index (χ1) is 15.2. The fourth-order valence-corrected chi connectivity index (χ4v) is 5.36. The third-order valence-corrected chi connectivity index (χ3v) is 7.45. The lowest BCUT2D eigenvalue weighted by Gasteiger charge is -2.33. The summed E-state index contributed by atoms with van der Waals surface area (Å²) in [5, 5.41) is 0. The number of amidine groups is 1. The predicted octanol–water partition coefficient (Wildman–Crippen LogP) is 3.28. The molecule has 2 aromatic rings. The minimum Gasteiger partial charge on any atom is -0.454 e. The highest BCUT2D eigenvalue weighted by molar-refractivity contribution is 7.90. The molecule has 0 aliphatic carbocycles. The highest BCUT2D eigenvalue weighted by atomic mass is 32.2. The normalized spacial score (nSPS) is 20.3. The highest BCUT2D eigenvalue weighted by Crippen LogP contribution is 2.30. The van der Waals surface area contributed by atoms with Crippen LogP contribution in [0.1, 0.15) is 46.8 Å². The summed E-state index contributed by atoms with van der Waals surface area (Å²) in [5.74, 6) is -0.780. The third-order valence-electron chi connectivity index (χ3n) is 6.12. The van der Waals surface area contributed by atoms with Crippen molar-refractivity contribution in [3.8, 4) is 0 Å². The number of piperidine rings is 1. The van der Waals surface area contributed by atoms with Crippen LogP contribution in [0.4, 0.5) is 0 Å². The highest BCUT2D eigenvalue weighted by Gasteiger charge is 2.36. The molecule has 4 rings (SSSR count). The summed E-state index contributed by atoms with van der Waals surface area (Å²) < 4.78 is 34.2. The topological polar surface area (TPSA) is 93.1 Å². The summed E-state index contributed by atoms with van der Waals surface area (Å²) in [4.78, 5) is 27.6. The summed E-state index contributed by atoms with van der Waals surface area (Å²) in [7, 11) is -3.72. The van der Waals surface area contributed by atoms with Crippen LogP contribution in [-0.4, -0.2) is 50.1 Å². The number of carbonyl (C=O) groups excluding carboxylic acids is 2. The molecule has 168 valence electrons. The van der Waals surface area contributed by atoms with Gasteiger partial charge in [0, 0.05) is 24.2 Å². The minimum atomic E-state index is -3.72. The molecule has 32 heavy (non-hydrogen) atoms. The van der Waals surface area contributed by atoms with Gasteiger partial charge in [-0.2, -0.15) is 8.42 Å². The molecule has 7 nitrogen and oxygen atoms in total. The van der Waals surface area contributed by atoms with Crippen molar-refractivity contribution in [2.75, 3.05) is 13.1 Å². The molecule has 0 N–H and O–H groups in total. The van der Waals surface area contributed by atoms with Gasteiger partial charge in [0.1, 0.15) is 4.90 Å². The zero-order chi connectivity index (χ0) is 23.0. The number of rotatable bonds is 4. The zero-order valence-electron chi connectivity index (χ0n) is 18.4. The van der Waals surface area contributed by atoms with Crippen LogP contribution in [0.25, 0.3) is 0 Å². The standard InChI is InChI=1S/C24H26N2O5S/c1-15-10-11-18(13-16(15)2)22(27)17(3)31-24(28)19-7-6-12-26(14-19)23-20-8-4-5-9-21(20)32(29,30)25-23/h4-5,8-11,13,17,19H,6-7,12,14H2,1-3H3/t17-,19-/m0/s1. The molecular weight excluding hydrogens is 428 g/mol. The van der Waals surface area contributed by atoms with Crippen LogP contribution in [0.15, 0.2) is 51.8 Å². The Balaban J connectivity index is 1.45. The largest absolute Gasteiger partial charge is 0.454 e. The maximum Gasteiger partial charge on any atom is 0.311 e. The molecule has 0 saturated carbocycles. The molecule has 0 unspecified atom stereocenters. The van der Waals surface area contributed by atoms with Gasteiger partial charge in [-0.1, -0.05) is 24.3 Å². The summed E-state index contributed by atoms with van der Waals surface area (Å²) in [6, 6.07) is 12.1. The van der Waals surface area contributed by atoms with Crippen molar-refractivity contribution < 1.29 is 22.7 Å². The Morgan fingerprint density at radius 1 is 1.12 bits per heavy atom. The molecule has 2 aliphatic rings. The summed E-state index contributed by atoms with van der Waals surface area (Å²) in [6.45, 7) is 6.39. The van der Waals surface area contributed by atoms with Gasteiger partial charge in [-0.05, 0) is 62.9 Å². The minimum absolute atomic E-state index is 0.187. The van der Waals surface area contributed by atoms with Crippen LogP contribution in [0.3, 0.4) is 0 Å². The van der Waals surface area contributed by atoms with Crippen molar-refractivity contribution in [2.24, 2.45) is 10.3 Å². The van der Waals surface area contributed by atoms with Crippen molar-refractivity contribution in [3.63, 3.8) is 0 Å². The lowest BCUT2D eigenvalue weighted by Crippen LogP contribution is -2.43. The lowest BCUT2D eigenvalue weighted by molar-refractivity contribution is -0.152. The van der Waals surface area contributed by atoms with Gasteiger partial charge < -0.3 is 9.64 Å². The molecule has 0 spiro atoms. The number of benzene rings is 2. The first-order valence-corrected chi connectivity index (χ1v) is 12.1. The molecule has 2 aromatic carbocycles. The Morgan fingerprint density at radius 3 is 2.62 bits per heavy atom. The molecule has 2 atom stereocenters. The van der Waals surface area contributed by atoms with E-state index >= 15 is 0 Å². The van der Waals surface area contributed by atoms with Gasteiger partial charge in [0.25, 0.3) is 10.0 Å². The maximum atomic E-state index is 12.8. The van der Waals surface area contributed by atoms with Crippen molar-refractivity contribution in [1.29, 1.82) is 0 Å². The van der Waals surface area contributed by atoms with Crippen LogP contribution < -0.4 is 0 Å². The van der Waals surface area contributed by atoms with E-state index in [1.807, 2.05) is 24.8 Å². The van der Waals surface area contributed by atoms with Crippen LogP contribution in [0.5, 0.6) is 0 Å². The number of ether oxygens (including phenoxy) is 1. The molecule has 1 fully saturated rings. The molecule has 2 heterocycles. The Bertz CT molecular complexity index is 1220. The second-order valence-electron chi connectivity index (χ2n) is 8.41. The van der Waals surface area contributed by atoms with E-state index in [2.05, 4.69) is 4.40 Å². The third kappa shape index (κ3) is 4.19. The fraction of sp³-hybridized carbons (Fsp3) is 0.375. The molecule has 1 saturated heterocycles. The van der Waals surface area contributed by atoms with E-state index in [1.54, 1.807) is 37.3 Å². The van der Waals surface area contributed by atoms with Gasteiger partial charge in [-0.25, -0.2) is 0 Å². The Hall–Kier alpha value is -3.00. The van der Waals surface area contributed by atoms with Crippen molar-refractivity contribution in [1.82, 2.24) is 4.90 Å². The Kier molecular flexibility index (Phi) is 5.90. The number of hydrogen-bond acceptors (Lipinski definition) is 6. The Labute approximate surface area is 188 Å². The van der Waals surface area contributed by atoms with Gasteiger partial charge in [-0.15, -0.1) is 4.40 Å². The van der Waals surface area contributed by atoms with E-state index in [9.17, 15) is 18.0 Å². The van der Waals surface area contributed by atoms with Crippen molar-refractivity contribution in [3.05, 3.63) is 64.7 Å². The summed E-state index contributed by atoms with van der Waals surface area (Å²) >= 11 is 0. The quantitative estimate of drug-likeness (QED) is 0.520. The SMILES string of the molecule is Cc1ccc(C(=O)[C@H](C)OC(=O)[C@H]2CCCN(C3=NS(=O)(=O)c4ccccc43)C2)cc1C. The lowest BCUT2D eigenvalue weighted by atomic mass is 9.97. The predicted molar refractivity (Wildman–Crippen MR) is 120 cm³/mol. The smallest absolute Gasteiger partial charge is 0.311 e. The number of fused-ring (bicyclic) bond motifs is 1. The number of Topliss-reactive ketones (excluding diaryl/α,β-unsaturated/α-hetero) is 1. The van der Waals surface area contributed by atoms with E-state index in [0.717, 1.165) is 11.1 Å². The van der Waals surface area contributed by atoms with Crippen LogP contribution in [0.2, 0.25) is 0 Å². The van der Waals surface area contributed by atoms with Gasteiger partial charge in [-0.3, -0.25) is 9.59 Å². The zero-order valence-corrected chi connectivity index (χ0v) is 19.2. The average Bonchev–Trinajstić information content (AvgIpc) is 3.06. The monoisotopic (exact) mass is 454 g/mol. The van der Waals surface area contributed by atoms with Crippen molar-refractivity contribution >= 4 is 27.6 Å². The van der Waals surface area contributed by atoms with E-state index in [4.69, 9.17) is 4.74 Å². The number of hydrogen-bond donors (Lipinski definition) is 0. The number of aryl methyl sites for hydroxylation is 2. The second-order valence-corrected chi connectivity index (χ2v) is 9.99. The Morgan fingerprint density at radius 2 is 1.88 bits per heavy atom. The van der Waals surface area contributed by atoms with Crippen LogP contribution >= 0.6 is 0 Å². The second kappa shape index (κ2) is 8.50. The number of carbonyl (C=O) groups is 2. The van der Waals surface area contributed by atoms with E-state index in [-0.39, 0.29) is 10.7 Å². The fourth-order valence-electron chi connectivity index (χ4n) is 4.13. The van der Waals surface area contributed by atoms with Gasteiger partial charge in [0.05, 0.1) is 5.92 Å². The number of esters is 1. The van der Waals surface area contributed by atoms with E-state index in [1.165, 1.54) is 6.07 Å².